The minimum Gasteiger partial charge on any atom is -0.433 e. The molecule has 1 aromatic carbocycles. The molecule has 9 N–H and O–H groups in total. The van der Waals surface area contributed by atoms with Crippen LogP contribution in [0.1, 0.15) is 49.7 Å². The summed E-state index contributed by atoms with van der Waals surface area (Å²) in [6.45, 7) is 8.98. The van der Waals surface area contributed by atoms with Crippen molar-refractivity contribution in [2.24, 2.45) is 9.81 Å². The third kappa shape index (κ3) is 17.4. The zero-order valence-electron chi connectivity index (χ0n) is 27.8. The standard InChI is InChI=1S/C26H48B6N8O6/c1-28(42)36-25(37-29(2)43)34-18-10-8-6-7-9-11-19-39(31(4)45)26(38-30(3)44)40(32(5)46)20-12-13-22-14-16-23(17-15-22)24(33)35-27-21-41/h14-17,21,27,42-46H,6-11,18-20H2,1-5H3,(H2,33,35)(H2,34,36,37)/b38-26+. The van der Waals surface area contributed by atoms with E-state index in [9.17, 15) is 29.9 Å². The van der Waals surface area contributed by atoms with Gasteiger partial charge < -0.3 is 55.3 Å². The van der Waals surface area contributed by atoms with Crippen LogP contribution in [0.15, 0.2) is 34.1 Å². The number of nitrogens with one attached hydrogen (secondary N) is 4. The van der Waals surface area contributed by atoms with E-state index in [0.717, 1.165) is 38.5 Å². The molecule has 0 atom stereocenters. The maximum absolute atomic E-state index is 10.6. The van der Waals surface area contributed by atoms with E-state index < -0.39 is 35.3 Å². The second-order valence-electron chi connectivity index (χ2n) is 10.9. The van der Waals surface area contributed by atoms with Gasteiger partial charge in [-0.15, -0.1) is 0 Å². The first-order valence-corrected chi connectivity index (χ1v) is 15.8. The van der Waals surface area contributed by atoms with Gasteiger partial charge in [0.2, 0.25) is 0 Å². The molecular weight excluding hydrogens is 585 g/mol. The Morgan fingerprint density at radius 2 is 1.48 bits per heavy atom. The summed E-state index contributed by atoms with van der Waals surface area (Å²) in [5.41, 5.74) is 1.31. The molecule has 0 radical (unpaired) electrons. The lowest BCUT2D eigenvalue weighted by molar-refractivity contribution is 0.410. The predicted molar refractivity (Wildman–Crippen MR) is 193 cm³/mol. The topological polar surface area (TPSA) is 209 Å². The molecule has 0 unspecified atom stereocenters. The summed E-state index contributed by atoms with van der Waals surface area (Å²) in [5.74, 6) is 6.79. The first-order chi connectivity index (χ1) is 21.8. The normalized spacial score (nSPS) is 11.0. The van der Waals surface area contributed by atoms with Crippen molar-refractivity contribution < 1.29 is 29.9 Å². The van der Waals surface area contributed by atoms with Gasteiger partial charge in [0.05, 0.1) is 6.54 Å². The summed E-state index contributed by atoms with van der Waals surface area (Å²) in [7, 11) is -4.62. The largest absolute Gasteiger partial charge is 0.433 e. The summed E-state index contributed by atoms with van der Waals surface area (Å²) in [6, 6.07) is 6.97. The number of hydrogen-bond donors (Lipinski definition) is 9. The second kappa shape index (κ2) is 23.0. The summed E-state index contributed by atoms with van der Waals surface area (Å²) in [4.78, 5) is 22.0. The molecule has 0 fully saturated rings. The highest BCUT2D eigenvalue weighted by Gasteiger charge is 2.29. The molecule has 14 nitrogen and oxygen atoms in total. The number of carbonyl (C=O) groups is 1. The lowest BCUT2D eigenvalue weighted by atomic mass is 9.80. The van der Waals surface area contributed by atoms with Gasteiger partial charge >= 0.3 is 42.7 Å². The molecule has 0 spiro atoms. The van der Waals surface area contributed by atoms with Crippen LogP contribution in [0.25, 0.3) is 0 Å². The second-order valence-corrected chi connectivity index (χ2v) is 10.9. The molecule has 0 aliphatic rings. The van der Waals surface area contributed by atoms with Crippen molar-refractivity contribution in [2.45, 2.75) is 72.6 Å². The quantitative estimate of drug-likeness (QED) is 0.0236. The van der Waals surface area contributed by atoms with E-state index in [4.69, 9.17) is 5.41 Å². The Morgan fingerprint density at radius 3 is 2.02 bits per heavy atom. The molecule has 0 saturated carbocycles. The molecule has 0 amide bonds. The van der Waals surface area contributed by atoms with E-state index in [0.29, 0.717) is 36.4 Å². The molecule has 20 heteroatoms. The Bertz CT molecular complexity index is 1170. The lowest BCUT2D eigenvalue weighted by Gasteiger charge is -2.35. The highest BCUT2D eigenvalue weighted by molar-refractivity contribution is 6.67. The maximum atomic E-state index is 10.6. The molecule has 0 aliphatic heterocycles. The molecule has 46 heavy (non-hydrogen) atoms. The molecule has 246 valence electrons. The molecule has 0 heterocycles. The number of unbranched alkanes of at least 4 members (excludes halogenated alkanes) is 5. The minimum atomic E-state index is -1.07. The van der Waals surface area contributed by atoms with Crippen LogP contribution >= 0.6 is 0 Å². The number of benzene rings is 1. The van der Waals surface area contributed by atoms with Crippen molar-refractivity contribution in [3.05, 3.63) is 35.4 Å². The average molecular weight is 634 g/mol. The summed E-state index contributed by atoms with van der Waals surface area (Å²) < 4.78 is 0. The third-order valence-electron chi connectivity index (χ3n) is 6.52. The Hall–Kier alpha value is -3.35. The van der Waals surface area contributed by atoms with Crippen LogP contribution in [0.2, 0.25) is 34.1 Å². The number of nitrogens with zero attached hydrogens (tertiary/aromatic N) is 4. The van der Waals surface area contributed by atoms with Crippen LogP contribution < -0.4 is 15.8 Å². The zero-order chi connectivity index (χ0) is 34.5. The summed E-state index contributed by atoms with van der Waals surface area (Å²) in [6.07, 6.45) is 6.21. The van der Waals surface area contributed by atoms with Gasteiger partial charge in [-0.1, -0.05) is 49.7 Å². The fraction of sp³-hybridized carbons (Fsp3) is 0.538. The molecular formula is C26H48B6N8O6. The van der Waals surface area contributed by atoms with Crippen molar-refractivity contribution >= 4 is 66.6 Å². The van der Waals surface area contributed by atoms with Gasteiger partial charge in [-0.25, -0.2) is 0 Å². The number of hydrogen-bond acceptors (Lipinski definition) is 9. The van der Waals surface area contributed by atoms with Gasteiger partial charge in [0, 0.05) is 24.2 Å². The van der Waals surface area contributed by atoms with Gasteiger partial charge in [0.1, 0.15) is 12.0 Å². The van der Waals surface area contributed by atoms with E-state index in [1.807, 2.05) is 0 Å². The first-order valence-electron chi connectivity index (χ1n) is 15.8. The summed E-state index contributed by atoms with van der Waals surface area (Å²) in [5, 5.41) is 66.8. The minimum absolute atomic E-state index is 0.0578. The highest BCUT2D eigenvalue weighted by atomic mass is 16.2. The molecule has 0 aromatic heterocycles. The maximum Gasteiger partial charge on any atom is 0.431 e. The third-order valence-corrected chi connectivity index (χ3v) is 6.52. The van der Waals surface area contributed by atoms with Gasteiger partial charge in [-0.3, -0.25) is 15.2 Å². The van der Waals surface area contributed by atoms with Crippen molar-refractivity contribution in [2.75, 3.05) is 19.6 Å². The van der Waals surface area contributed by atoms with Crippen LogP contribution in [0.3, 0.4) is 0 Å². The highest BCUT2D eigenvalue weighted by Crippen LogP contribution is 2.11. The van der Waals surface area contributed by atoms with E-state index in [-0.39, 0.29) is 25.8 Å². The number of carbonyl (C=O) groups excluding carboxylic acids is 1. The van der Waals surface area contributed by atoms with Crippen LogP contribution in [0.5, 0.6) is 0 Å². The number of rotatable bonds is 18. The van der Waals surface area contributed by atoms with Crippen molar-refractivity contribution in [1.29, 1.82) is 5.41 Å². The Labute approximate surface area is 276 Å². The molecule has 1 aromatic rings. The summed E-state index contributed by atoms with van der Waals surface area (Å²) >= 11 is 0. The van der Waals surface area contributed by atoms with Gasteiger partial charge in [0.25, 0.3) is 0 Å². The number of amidine groups is 1. The van der Waals surface area contributed by atoms with Crippen LogP contribution in [0.4, 0.5) is 0 Å². The Morgan fingerprint density at radius 1 is 0.891 bits per heavy atom. The van der Waals surface area contributed by atoms with Crippen LogP contribution in [-0.4, -0.2) is 121 Å². The van der Waals surface area contributed by atoms with Crippen molar-refractivity contribution in [3.63, 3.8) is 0 Å². The Balaban J connectivity index is 2.74. The molecule has 0 bridgehead atoms. The van der Waals surface area contributed by atoms with Gasteiger partial charge in [0.15, 0.2) is 11.9 Å². The number of guanidine groups is 2. The van der Waals surface area contributed by atoms with Gasteiger partial charge in [-0.05, 0) is 59.1 Å². The molecule has 0 saturated heterocycles. The van der Waals surface area contributed by atoms with E-state index in [2.05, 4.69) is 37.4 Å². The first kappa shape index (κ1) is 40.7. The van der Waals surface area contributed by atoms with E-state index in [1.165, 1.54) is 18.5 Å². The van der Waals surface area contributed by atoms with Crippen molar-refractivity contribution in [1.82, 2.24) is 25.4 Å². The zero-order valence-corrected chi connectivity index (χ0v) is 27.8. The average Bonchev–Trinajstić information content (AvgIpc) is 2.97. The monoisotopic (exact) mass is 634 g/mol. The van der Waals surface area contributed by atoms with Crippen LogP contribution in [-0.2, 0) is 4.79 Å². The van der Waals surface area contributed by atoms with E-state index in [1.54, 1.807) is 49.5 Å². The predicted octanol–water partition coefficient (Wildman–Crippen LogP) is -1.12. The smallest absolute Gasteiger partial charge is 0.431 e. The molecule has 0 aliphatic carbocycles. The fourth-order valence-electron chi connectivity index (χ4n) is 4.34. The SMILES string of the molecule is CB(O)/N=C(/NCCCCCCCCN(B(C)O)/C(=N\B(C)O)N(CC#Cc1ccc(C(=N)NBC=O)cc1)B(C)O)NB(C)O. The molecule has 1 rings (SSSR count). The van der Waals surface area contributed by atoms with E-state index >= 15 is 0 Å². The van der Waals surface area contributed by atoms with Crippen LogP contribution in [0, 0.1) is 17.3 Å². The lowest BCUT2D eigenvalue weighted by Crippen LogP contribution is -2.55. The Kier molecular flexibility index (Phi) is 20.4. The van der Waals surface area contributed by atoms with Gasteiger partial charge in [-0.2, -0.15) is 0 Å². The fourth-order valence-corrected chi connectivity index (χ4v) is 4.34. The van der Waals surface area contributed by atoms with Crippen molar-refractivity contribution in [3.8, 4) is 11.8 Å².